The van der Waals surface area contributed by atoms with Crippen LogP contribution in [-0.4, -0.2) is 52.7 Å². The fourth-order valence-corrected chi connectivity index (χ4v) is 4.45. The van der Waals surface area contributed by atoms with Crippen LogP contribution in [0.15, 0.2) is 34.9 Å². The topological polar surface area (TPSA) is 128 Å². The number of carbonyl (C=O) groups is 3. The summed E-state index contributed by atoms with van der Waals surface area (Å²) in [5.41, 5.74) is 0.282. The van der Waals surface area contributed by atoms with Crippen LogP contribution in [-0.2, 0) is 25.7 Å². The molecule has 10 nitrogen and oxygen atoms in total. The third-order valence-electron chi connectivity index (χ3n) is 4.54. The van der Waals surface area contributed by atoms with Crippen LogP contribution < -0.4 is 5.32 Å². The van der Waals surface area contributed by atoms with Crippen LogP contribution in [0.3, 0.4) is 0 Å². The van der Waals surface area contributed by atoms with Gasteiger partial charge in [-0.05, 0) is 31.5 Å². The molecule has 11 heteroatoms. The maximum Gasteiger partial charge on any atom is 0.407 e. The van der Waals surface area contributed by atoms with Crippen LogP contribution in [0.25, 0.3) is 0 Å². The van der Waals surface area contributed by atoms with Crippen molar-refractivity contribution in [3.8, 4) is 0 Å². The second-order valence-electron chi connectivity index (χ2n) is 7.38. The van der Waals surface area contributed by atoms with E-state index >= 15 is 0 Å². The van der Waals surface area contributed by atoms with E-state index in [0.717, 1.165) is 4.91 Å². The third kappa shape index (κ3) is 6.20. The minimum Gasteiger partial charge on any atom is -0.464 e. The van der Waals surface area contributed by atoms with Crippen LogP contribution in [0.1, 0.15) is 32.8 Å². The summed E-state index contributed by atoms with van der Waals surface area (Å²) in [6, 6.07) is 5.72. The summed E-state index contributed by atoms with van der Waals surface area (Å²) in [5, 5.41) is 13.3. The number of benzene rings is 1. The molecule has 1 heterocycles. The molecule has 0 spiro atoms. The largest absolute Gasteiger partial charge is 0.464 e. The minimum absolute atomic E-state index is 0.0175. The second-order valence-corrected chi connectivity index (χ2v) is 8.57. The minimum atomic E-state index is -0.627. The Bertz CT molecular complexity index is 897. The Hall–Kier alpha value is -3.08. The van der Waals surface area contributed by atoms with E-state index in [1.54, 1.807) is 0 Å². The summed E-state index contributed by atoms with van der Waals surface area (Å²) >= 11 is 1.37. The molecular formula is C20H25N3O7S. The lowest BCUT2D eigenvalue weighted by Gasteiger charge is -2.32. The standard InChI is InChI=1S/C20H25N3O7S/c1-13(24)22-17(18(25)29-4)16(11-20(22,2)3)31-10-9-21-19(26)30-12-14-5-7-15(8-6-14)23(27)28/h5-8H,9-12H2,1-4H3,(H,21,26). The number of rotatable bonds is 8. The smallest absolute Gasteiger partial charge is 0.407 e. The van der Waals surface area contributed by atoms with Crippen molar-refractivity contribution in [2.24, 2.45) is 0 Å². The van der Waals surface area contributed by atoms with Crippen molar-refractivity contribution in [3.05, 3.63) is 50.5 Å². The zero-order valence-corrected chi connectivity index (χ0v) is 18.6. The Morgan fingerprint density at radius 2 is 1.90 bits per heavy atom. The first-order valence-electron chi connectivity index (χ1n) is 9.46. The van der Waals surface area contributed by atoms with Gasteiger partial charge < -0.3 is 14.8 Å². The number of non-ortho nitro benzene ring substituents is 1. The van der Waals surface area contributed by atoms with Gasteiger partial charge in [0.1, 0.15) is 12.3 Å². The first kappa shape index (κ1) is 24.2. The summed E-state index contributed by atoms with van der Waals surface area (Å²) < 4.78 is 9.94. The van der Waals surface area contributed by atoms with E-state index in [-0.39, 0.29) is 30.4 Å². The number of alkyl carbamates (subject to hydrolysis) is 1. The molecule has 31 heavy (non-hydrogen) atoms. The Labute approximate surface area is 184 Å². The van der Waals surface area contributed by atoms with Gasteiger partial charge in [0.25, 0.3) is 5.69 Å². The van der Waals surface area contributed by atoms with Gasteiger partial charge in [-0.3, -0.25) is 19.8 Å². The first-order valence-corrected chi connectivity index (χ1v) is 10.4. The monoisotopic (exact) mass is 451 g/mol. The zero-order valence-electron chi connectivity index (χ0n) is 17.8. The van der Waals surface area contributed by atoms with Crippen LogP contribution in [0.2, 0.25) is 0 Å². The van der Waals surface area contributed by atoms with Crippen LogP contribution >= 0.6 is 11.8 Å². The molecule has 1 aromatic rings. The predicted molar refractivity (Wildman–Crippen MR) is 114 cm³/mol. The van der Waals surface area contributed by atoms with E-state index in [9.17, 15) is 24.5 Å². The molecule has 0 aromatic heterocycles. The number of ether oxygens (including phenoxy) is 2. The van der Waals surface area contributed by atoms with Crippen LogP contribution in [0, 0.1) is 10.1 Å². The van der Waals surface area contributed by atoms with E-state index in [2.05, 4.69) is 5.32 Å². The van der Waals surface area contributed by atoms with E-state index < -0.39 is 22.5 Å². The Morgan fingerprint density at radius 1 is 1.26 bits per heavy atom. The van der Waals surface area contributed by atoms with E-state index in [0.29, 0.717) is 17.7 Å². The van der Waals surface area contributed by atoms with Gasteiger partial charge in [-0.1, -0.05) is 0 Å². The molecule has 0 saturated heterocycles. The summed E-state index contributed by atoms with van der Waals surface area (Å²) in [4.78, 5) is 48.5. The lowest BCUT2D eigenvalue weighted by Crippen LogP contribution is -2.43. The van der Waals surface area contributed by atoms with E-state index in [4.69, 9.17) is 9.47 Å². The van der Waals surface area contributed by atoms with E-state index in [1.165, 1.54) is 55.0 Å². The first-order chi connectivity index (χ1) is 14.6. The van der Waals surface area contributed by atoms with Crippen molar-refractivity contribution < 1.29 is 28.8 Å². The summed E-state index contributed by atoms with van der Waals surface area (Å²) in [5.74, 6) is -0.350. The maximum absolute atomic E-state index is 12.2. The molecule has 0 aliphatic carbocycles. The van der Waals surface area contributed by atoms with Crippen molar-refractivity contribution in [1.82, 2.24) is 10.2 Å². The van der Waals surface area contributed by atoms with Crippen molar-refractivity contribution in [1.29, 1.82) is 0 Å². The zero-order chi connectivity index (χ0) is 23.2. The number of amides is 2. The number of nitrogens with one attached hydrogen (secondary N) is 1. The van der Waals surface area contributed by atoms with Gasteiger partial charge in [-0.25, -0.2) is 9.59 Å². The van der Waals surface area contributed by atoms with Crippen molar-refractivity contribution in [3.63, 3.8) is 0 Å². The highest BCUT2D eigenvalue weighted by Gasteiger charge is 2.43. The third-order valence-corrected chi connectivity index (χ3v) is 5.64. The second kappa shape index (κ2) is 10.3. The molecule has 1 aliphatic heterocycles. The lowest BCUT2D eigenvalue weighted by molar-refractivity contribution is -0.384. The average molecular weight is 452 g/mol. The predicted octanol–water partition coefficient (Wildman–Crippen LogP) is 2.97. The SMILES string of the molecule is COC(=O)C1=C(SCCNC(=O)OCc2ccc([N+](=O)[O-])cc2)CC(C)(C)N1C(C)=O. The Morgan fingerprint density at radius 3 is 2.45 bits per heavy atom. The molecule has 2 rings (SSSR count). The molecule has 168 valence electrons. The molecule has 1 aromatic carbocycles. The van der Waals surface area contributed by atoms with Gasteiger partial charge in [0.15, 0.2) is 0 Å². The quantitative estimate of drug-likeness (QED) is 0.276. The molecule has 0 saturated carbocycles. The maximum atomic E-state index is 12.2. The van der Waals surface area contributed by atoms with Gasteiger partial charge in [-0.15, -0.1) is 11.8 Å². The fraction of sp³-hybridized carbons (Fsp3) is 0.450. The number of nitrogens with zero attached hydrogens (tertiary/aromatic N) is 2. The number of methoxy groups -OCH3 is 1. The Kier molecular flexibility index (Phi) is 8.03. The summed E-state index contributed by atoms with van der Waals surface area (Å²) in [6.07, 6.45) is -0.120. The number of nitro benzene ring substituents is 1. The van der Waals surface area contributed by atoms with Gasteiger partial charge in [-0.2, -0.15) is 0 Å². The number of carbonyl (C=O) groups excluding carboxylic acids is 3. The highest BCUT2D eigenvalue weighted by molar-refractivity contribution is 8.03. The summed E-state index contributed by atoms with van der Waals surface area (Å²) in [6.45, 7) is 5.41. The number of hydrogen-bond donors (Lipinski definition) is 1. The highest BCUT2D eigenvalue weighted by atomic mass is 32.2. The highest BCUT2D eigenvalue weighted by Crippen LogP contribution is 2.42. The number of hydrogen-bond acceptors (Lipinski definition) is 8. The number of nitro groups is 1. The van der Waals surface area contributed by atoms with Crippen LogP contribution in [0.4, 0.5) is 10.5 Å². The molecule has 0 radical (unpaired) electrons. The number of esters is 1. The van der Waals surface area contributed by atoms with Gasteiger partial charge in [0.05, 0.1) is 12.0 Å². The Balaban J connectivity index is 1.85. The van der Waals surface area contributed by atoms with Gasteiger partial charge in [0.2, 0.25) is 5.91 Å². The van der Waals surface area contributed by atoms with Crippen LogP contribution in [0.5, 0.6) is 0 Å². The molecule has 2 amide bonds. The molecule has 1 aliphatic rings. The molecule has 0 fully saturated rings. The number of thioether (sulfide) groups is 1. The average Bonchev–Trinajstić information content (AvgIpc) is 2.99. The van der Waals surface area contributed by atoms with Crippen molar-refractivity contribution >= 4 is 35.4 Å². The van der Waals surface area contributed by atoms with Gasteiger partial charge >= 0.3 is 12.1 Å². The van der Waals surface area contributed by atoms with E-state index in [1.807, 2.05) is 13.8 Å². The fourth-order valence-electron chi connectivity index (χ4n) is 3.23. The lowest BCUT2D eigenvalue weighted by atomic mass is 10.0. The van der Waals surface area contributed by atoms with Crippen molar-refractivity contribution in [2.45, 2.75) is 39.3 Å². The van der Waals surface area contributed by atoms with Gasteiger partial charge in [0, 0.05) is 48.2 Å². The van der Waals surface area contributed by atoms with Crippen molar-refractivity contribution in [2.75, 3.05) is 19.4 Å². The summed E-state index contributed by atoms with van der Waals surface area (Å²) in [7, 11) is 1.27. The molecule has 0 unspecified atom stereocenters. The molecule has 1 N–H and O–H groups in total. The normalized spacial score (nSPS) is 14.9. The molecule has 0 atom stereocenters. The molecule has 0 bridgehead atoms. The molecular weight excluding hydrogens is 426 g/mol.